The van der Waals surface area contributed by atoms with E-state index in [9.17, 15) is 21.6 Å². The molecule has 3 aromatic heterocycles. The van der Waals surface area contributed by atoms with Crippen LogP contribution in [0.5, 0.6) is 5.88 Å². The maximum Gasteiger partial charge on any atom is 0.516 e. The number of nitrogens with zero attached hydrogens (tertiary/aromatic N) is 9. The van der Waals surface area contributed by atoms with Crippen molar-refractivity contribution in [2.45, 2.75) is 37.7 Å². The first-order valence-electron chi connectivity index (χ1n) is 16.4. The summed E-state index contributed by atoms with van der Waals surface area (Å²) in [5.41, 5.74) is -4.26. The number of hydrogen-bond acceptors (Lipinski definition) is 13. The van der Waals surface area contributed by atoms with E-state index >= 15 is 0 Å². The van der Waals surface area contributed by atoms with Crippen LogP contribution in [0.3, 0.4) is 0 Å². The highest BCUT2D eigenvalue weighted by Crippen LogP contribution is 2.40. The number of fused-ring (bicyclic) bond motifs is 1. The Bertz CT molecular complexity index is 1990. The van der Waals surface area contributed by atoms with Gasteiger partial charge in [-0.05, 0) is 66.0 Å². The molecule has 51 heavy (non-hydrogen) atoms. The molecule has 19 heteroatoms. The van der Waals surface area contributed by atoms with Crippen LogP contribution < -0.4 is 24.6 Å². The molecular formula is C32H39BrF3N11O3S. The van der Waals surface area contributed by atoms with Gasteiger partial charge in [-0.25, -0.2) is 4.98 Å². The number of aryl methyl sites for hydroxylation is 1. The predicted molar refractivity (Wildman–Crippen MR) is 194 cm³/mol. The topological polar surface area (TPSA) is 145 Å². The quantitative estimate of drug-likeness (QED) is 0.219. The number of likely N-dealkylation sites (N-methyl/N-ethyl adjacent to an activating group) is 1. The van der Waals surface area contributed by atoms with Gasteiger partial charge in [-0.3, -0.25) is 19.2 Å². The summed E-state index contributed by atoms with van der Waals surface area (Å²) in [6.45, 7) is 8.22. The number of benzene rings is 1. The van der Waals surface area contributed by atoms with Crippen LogP contribution >= 0.6 is 15.9 Å². The summed E-state index contributed by atoms with van der Waals surface area (Å²) < 4.78 is 72.2. The van der Waals surface area contributed by atoms with E-state index in [0.717, 1.165) is 77.0 Å². The molecule has 2 saturated heterocycles. The molecule has 4 aromatic rings. The number of hydrogen-bond donors (Lipinski definition) is 2. The van der Waals surface area contributed by atoms with Crippen molar-refractivity contribution in [3.63, 3.8) is 0 Å². The molecule has 2 aliphatic heterocycles. The van der Waals surface area contributed by atoms with Crippen LogP contribution in [0.4, 0.5) is 47.8 Å². The van der Waals surface area contributed by atoms with Gasteiger partial charge in [0.1, 0.15) is 28.5 Å². The van der Waals surface area contributed by atoms with Gasteiger partial charge in [0.25, 0.3) is 0 Å². The Balaban J connectivity index is 1.26. The fourth-order valence-corrected chi connectivity index (χ4v) is 7.44. The molecule has 14 nitrogen and oxygen atoms in total. The van der Waals surface area contributed by atoms with E-state index in [1.807, 2.05) is 6.07 Å². The van der Waals surface area contributed by atoms with E-state index in [1.165, 1.54) is 37.8 Å². The molecule has 0 spiro atoms. The second-order valence-electron chi connectivity index (χ2n) is 12.4. The second-order valence-corrected chi connectivity index (χ2v) is 15.2. The van der Waals surface area contributed by atoms with Gasteiger partial charge in [0, 0.05) is 70.9 Å². The normalized spacial score (nSPS) is 16.7. The highest BCUT2D eigenvalue weighted by atomic mass is 79.9. The van der Waals surface area contributed by atoms with Crippen molar-refractivity contribution in [3.05, 3.63) is 46.8 Å². The van der Waals surface area contributed by atoms with Crippen molar-refractivity contribution >= 4 is 71.6 Å². The van der Waals surface area contributed by atoms with Gasteiger partial charge in [0.2, 0.25) is 11.8 Å². The van der Waals surface area contributed by atoms with Crippen LogP contribution in [-0.4, -0.2) is 115 Å². The molecule has 2 fully saturated rings. The molecule has 1 aromatic carbocycles. The Morgan fingerprint density at radius 1 is 1.00 bits per heavy atom. The molecule has 2 N–H and O–H groups in total. The van der Waals surface area contributed by atoms with Gasteiger partial charge in [0.05, 0.1) is 22.8 Å². The van der Waals surface area contributed by atoms with Gasteiger partial charge in [-0.2, -0.15) is 31.6 Å². The number of piperazine rings is 1. The number of ether oxygens (including phenoxy) is 1. The van der Waals surface area contributed by atoms with E-state index in [1.54, 1.807) is 0 Å². The average Bonchev–Trinajstić information content (AvgIpc) is 3.12. The summed E-state index contributed by atoms with van der Waals surface area (Å²) in [6, 6.07) is 5.44. The lowest BCUT2D eigenvalue weighted by molar-refractivity contribution is -0.0436. The lowest BCUT2D eigenvalue weighted by Gasteiger charge is -2.42. The Kier molecular flexibility index (Phi) is 10.7. The summed E-state index contributed by atoms with van der Waals surface area (Å²) in [6.07, 6.45) is 6.91. The van der Waals surface area contributed by atoms with Crippen LogP contribution in [-0.2, 0) is 16.4 Å². The minimum atomic E-state index is -5.79. The van der Waals surface area contributed by atoms with Crippen molar-refractivity contribution in [3.8, 4) is 5.88 Å². The standard InChI is InChI=1S/C32H39BrF3N11O3S/c1-5-20-18-25(30(50-4)43-29(20)47-12-8-21(9-13-47)46-16-14-44(2)15-17-46)41-31-39-19-22(33)28(42-31)40-24-7-6-23-26(38-11-10-37-23)27(24)45(3)51(48,49)32(34,35)36/h6-7,10-11,18-19,21H,5,8-9,12-17H2,1-4H3,(H2,39,40,41,42). The highest BCUT2D eigenvalue weighted by molar-refractivity contribution is 9.10. The fourth-order valence-electron chi connectivity index (χ4n) is 6.42. The fraction of sp³-hybridized carbons (Fsp3) is 0.469. The molecule has 0 radical (unpaired) electrons. The van der Waals surface area contributed by atoms with Crippen LogP contribution in [0.15, 0.2) is 41.3 Å². The molecular weight excluding hydrogens is 755 g/mol. The van der Waals surface area contributed by atoms with Crippen molar-refractivity contribution in [2.75, 3.05) is 80.3 Å². The third-order valence-electron chi connectivity index (χ3n) is 9.26. The lowest BCUT2D eigenvalue weighted by atomic mass is 10.0. The largest absolute Gasteiger partial charge is 0.516 e. The van der Waals surface area contributed by atoms with Crippen molar-refractivity contribution in [1.82, 2.24) is 34.7 Å². The summed E-state index contributed by atoms with van der Waals surface area (Å²) >= 11 is 3.39. The Labute approximate surface area is 302 Å². The molecule has 0 atom stereocenters. The van der Waals surface area contributed by atoms with Gasteiger partial charge >= 0.3 is 15.5 Å². The number of piperidine rings is 1. The number of alkyl halides is 3. The third-order valence-corrected chi connectivity index (χ3v) is 11.3. The van der Waals surface area contributed by atoms with Gasteiger partial charge in [-0.15, -0.1) is 0 Å². The number of pyridine rings is 1. The lowest BCUT2D eigenvalue weighted by Crippen LogP contribution is -2.52. The summed E-state index contributed by atoms with van der Waals surface area (Å²) in [5.74, 6) is 1.48. The van der Waals surface area contributed by atoms with E-state index in [-0.39, 0.29) is 38.5 Å². The molecule has 6 rings (SSSR count). The number of anilines is 6. The zero-order valence-electron chi connectivity index (χ0n) is 28.6. The van der Waals surface area contributed by atoms with E-state index in [2.05, 4.69) is 75.2 Å². The summed E-state index contributed by atoms with van der Waals surface area (Å²) in [7, 11) is -1.28. The monoisotopic (exact) mass is 793 g/mol. The van der Waals surface area contributed by atoms with E-state index in [0.29, 0.717) is 22.1 Å². The van der Waals surface area contributed by atoms with E-state index in [4.69, 9.17) is 9.72 Å². The van der Waals surface area contributed by atoms with Gasteiger partial charge in [-0.1, -0.05) is 6.92 Å². The number of aromatic nitrogens is 5. The molecule has 0 amide bonds. The molecule has 0 bridgehead atoms. The molecule has 274 valence electrons. The third kappa shape index (κ3) is 7.61. The van der Waals surface area contributed by atoms with Crippen LogP contribution in [0.2, 0.25) is 0 Å². The maximum absolute atomic E-state index is 13.7. The van der Waals surface area contributed by atoms with Crippen molar-refractivity contribution in [2.24, 2.45) is 0 Å². The molecule has 5 heterocycles. The smallest absolute Gasteiger partial charge is 0.479 e. The zero-order chi connectivity index (χ0) is 36.5. The maximum atomic E-state index is 13.7. The van der Waals surface area contributed by atoms with Crippen LogP contribution in [0, 0.1) is 0 Å². The molecule has 0 saturated carbocycles. The van der Waals surface area contributed by atoms with Crippen molar-refractivity contribution in [1.29, 1.82) is 0 Å². The van der Waals surface area contributed by atoms with E-state index < -0.39 is 15.5 Å². The number of halogens is 4. The second kappa shape index (κ2) is 14.9. The van der Waals surface area contributed by atoms with Gasteiger partial charge in [0.15, 0.2) is 0 Å². The van der Waals surface area contributed by atoms with Crippen molar-refractivity contribution < 1.29 is 26.3 Å². The van der Waals surface area contributed by atoms with Gasteiger partial charge < -0.3 is 25.2 Å². The Morgan fingerprint density at radius 2 is 1.71 bits per heavy atom. The number of nitrogens with one attached hydrogen (secondary N) is 2. The first-order valence-corrected chi connectivity index (χ1v) is 18.6. The highest BCUT2D eigenvalue weighted by Gasteiger charge is 2.50. The number of sulfonamides is 1. The predicted octanol–water partition coefficient (Wildman–Crippen LogP) is 5.14. The van der Waals surface area contributed by atoms with Crippen LogP contribution in [0.25, 0.3) is 11.0 Å². The summed E-state index contributed by atoms with van der Waals surface area (Å²) in [4.78, 5) is 29.4. The SMILES string of the molecule is CCc1cc(Nc2ncc(Br)c(Nc3ccc4nccnc4c3N(C)S(=O)(=O)C(F)(F)F)n2)c(OC)nc1N1CCC(N2CCN(C)CC2)CC1. The minimum Gasteiger partial charge on any atom is -0.479 e. The Morgan fingerprint density at radius 3 is 2.37 bits per heavy atom. The minimum absolute atomic E-state index is 0.0167. The molecule has 0 aliphatic carbocycles. The average molecular weight is 795 g/mol. The number of methoxy groups -OCH3 is 1. The molecule has 0 unspecified atom stereocenters. The molecule has 2 aliphatic rings. The zero-order valence-corrected chi connectivity index (χ0v) is 31.0. The summed E-state index contributed by atoms with van der Waals surface area (Å²) in [5, 5.41) is 6.13. The number of rotatable bonds is 10. The first-order chi connectivity index (χ1) is 24.3. The first kappa shape index (κ1) is 36.7. The van der Waals surface area contributed by atoms with Crippen LogP contribution in [0.1, 0.15) is 25.3 Å². The Hall–Kier alpha value is -4.07.